The Labute approximate surface area is 190 Å². The van der Waals surface area contributed by atoms with E-state index in [0.717, 1.165) is 64.2 Å². The topological polar surface area (TPSA) is 55.8 Å². The number of ether oxygens (including phenoxy) is 2. The Kier molecular flexibility index (Phi) is 16.2. The van der Waals surface area contributed by atoms with Gasteiger partial charge in [-0.2, -0.15) is 0 Å². The average molecular weight is 432 g/mol. The molecule has 0 amide bonds. The van der Waals surface area contributed by atoms with Gasteiger partial charge in [-0.1, -0.05) is 69.9 Å². The maximum absolute atomic E-state index is 11.2. The molecule has 0 aliphatic rings. The summed E-state index contributed by atoms with van der Waals surface area (Å²) in [5, 5.41) is 10.3. The Bertz CT molecular complexity index is 521. The Morgan fingerprint density at radius 2 is 1.65 bits per heavy atom. The van der Waals surface area contributed by atoms with Gasteiger partial charge in [0.25, 0.3) is 6.47 Å². The molecule has 1 aromatic carbocycles. The highest BCUT2D eigenvalue weighted by Gasteiger charge is 2.31. The SMILES string of the molecule is CCCCCC([CH][CH][CH]C(O)CCCCOCc1ccccc1)(CCCCC)OC=O. The predicted octanol–water partition coefficient (Wildman–Crippen LogP) is 6.42. The third kappa shape index (κ3) is 13.6. The average Bonchev–Trinajstić information content (AvgIpc) is 2.77. The van der Waals surface area contributed by atoms with E-state index in [1.54, 1.807) is 0 Å². The number of aliphatic hydroxyl groups is 1. The van der Waals surface area contributed by atoms with Gasteiger partial charge in [-0.15, -0.1) is 0 Å². The van der Waals surface area contributed by atoms with Crippen molar-refractivity contribution in [3.8, 4) is 0 Å². The van der Waals surface area contributed by atoms with Gasteiger partial charge < -0.3 is 14.6 Å². The summed E-state index contributed by atoms with van der Waals surface area (Å²) in [6.07, 6.45) is 16.0. The number of rotatable bonds is 21. The van der Waals surface area contributed by atoms with Gasteiger partial charge >= 0.3 is 0 Å². The van der Waals surface area contributed by atoms with Gasteiger partial charge in [0, 0.05) is 13.0 Å². The Morgan fingerprint density at radius 1 is 0.968 bits per heavy atom. The summed E-state index contributed by atoms with van der Waals surface area (Å²) in [6, 6.07) is 10.1. The summed E-state index contributed by atoms with van der Waals surface area (Å²) < 4.78 is 11.3. The molecule has 175 valence electrons. The smallest absolute Gasteiger partial charge is 0.293 e. The van der Waals surface area contributed by atoms with Crippen LogP contribution in [0.2, 0.25) is 0 Å². The predicted molar refractivity (Wildman–Crippen MR) is 127 cm³/mol. The summed E-state index contributed by atoms with van der Waals surface area (Å²) >= 11 is 0. The van der Waals surface area contributed by atoms with Crippen molar-refractivity contribution >= 4 is 6.47 Å². The van der Waals surface area contributed by atoms with Crippen LogP contribution in [-0.2, 0) is 20.9 Å². The van der Waals surface area contributed by atoms with Gasteiger partial charge in [0.2, 0.25) is 0 Å². The van der Waals surface area contributed by atoms with E-state index in [1.807, 2.05) is 37.5 Å². The molecule has 0 saturated carbocycles. The molecule has 31 heavy (non-hydrogen) atoms. The number of benzene rings is 1. The number of unbranched alkanes of at least 4 members (excludes halogenated alkanes) is 5. The van der Waals surface area contributed by atoms with Gasteiger partial charge in [-0.3, -0.25) is 4.79 Å². The monoisotopic (exact) mass is 431 g/mol. The molecular weight excluding hydrogens is 388 g/mol. The molecule has 0 aliphatic heterocycles. The van der Waals surface area contributed by atoms with E-state index in [9.17, 15) is 9.90 Å². The Balaban J connectivity index is 2.26. The fourth-order valence-corrected chi connectivity index (χ4v) is 3.67. The van der Waals surface area contributed by atoms with Crippen LogP contribution in [0.3, 0.4) is 0 Å². The molecule has 0 saturated heterocycles. The number of hydrogen-bond donors (Lipinski definition) is 1. The van der Waals surface area contributed by atoms with Gasteiger partial charge in [0.15, 0.2) is 0 Å². The zero-order chi connectivity index (χ0) is 22.6. The molecule has 4 nitrogen and oxygen atoms in total. The molecule has 1 atom stereocenters. The largest absolute Gasteiger partial charge is 0.461 e. The normalized spacial score (nSPS) is 12.6. The quantitative estimate of drug-likeness (QED) is 0.180. The third-order valence-corrected chi connectivity index (χ3v) is 5.57. The standard InChI is InChI=1S/C27H43O4/c1-3-5-11-19-27(31-24-28,20-12-6-4-2)21-14-18-26(29)17-10-13-22-30-23-25-15-8-7-9-16-25/h7-9,14-16,18,21,24,26,29H,3-6,10-13,17,19-20,22-23H2,1-2H3. The fraction of sp³-hybridized carbons (Fsp3) is 0.630. The number of aliphatic hydroxyl groups excluding tert-OH is 1. The van der Waals surface area contributed by atoms with Crippen LogP contribution in [-0.4, -0.2) is 29.9 Å². The molecule has 1 unspecified atom stereocenters. The summed E-state index contributed by atoms with van der Waals surface area (Å²) in [7, 11) is 0. The van der Waals surface area contributed by atoms with Crippen LogP contribution in [0.25, 0.3) is 0 Å². The van der Waals surface area contributed by atoms with Crippen LogP contribution in [0.4, 0.5) is 0 Å². The van der Waals surface area contributed by atoms with E-state index in [2.05, 4.69) is 26.0 Å². The number of carbonyl (C=O) groups excluding carboxylic acids is 1. The third-order valence-electron chi connectivity index (χ3n) is 5.57. The molecule has 1 aromatic rings. The molecule has 0 bridgehead atoms. The van der Waals surface area contributed by atoms with Gasteiger partial charge in [0.05, 0.1) is 12.7 Å². The van der Waals surface area contributed by atoms with Crippen LogP contribution in [0.5, 0.6) is 0 Å². The second-order valence-electron chi connectivity index (χ2n) is 8.35. The lowest BCUT2D eigenvalue weighted by atomic mass is 9.84. The molecule has 1 rings (SSSR count). The van der Waals surface area contributed by atoms with Gasteiger partial charge in [0.1, 0.15) is 5.60 Å². The lowest BCUT2D eigenvalue weighted by molar-refractivity contribution is -0.141. The lowest BCUT2D eigenvalue weighted by Gasteiger charge is -2.32. The molecule has 0 aromatic heterocycles. The fourth-order valence-electron chi connectivity index (χ4n) is 3.67. The second-order valence-corrected chi connectivity index (χ2v) is 8.35. The zero-order valence-corrected chi connectivity index (χ0v) is 19.6. The van der Waals surface area contributed by atoms with Crippen molar-refractivity contribution in [2.45, 2.75) is 103 Å². The maximum atomic E-state index is 11.2. The molecule has 0 spiro atoms. The van der Waals surface area contributed by atoms with Crippen molar-refractivity contribution in [2.24, 2.45) is 0 Å². The van der Waals surface area contributed by atoms with E-state index in [-0.39, 0.29) is 0 Å². The van der Waals surface area contributed by atoms with Crippen molar-refractivity contribution in [3.63, 3.8) is 0 Å². The minimum absolute atomic E-state index is 0.495. The van der Waals surface area contributed by atoms with E-state index in [1.165, 1.54) is 5.56 Å². The summed E-state index contributed by atoms with van der Waals surface area (Å²) in [4.78, 5) is 11.2. The van der Waals surface area contributed by atoms with Crippen LogP contribution in [0.15, 0.2) is 30.3 Å². The van der Waals surface area contributed by atoms with Crippen molar-refractivity contribution in [2.75, 3.05) is 6.61 Å². The molecule has 1 N–H and O–H groups in total. The first-order valence-corrected chi connectivity index (χ1v) is 12.1. The van der Waals surface area contributed by atoms with Gasteiger partial charge in [-0.25, -0.2) is 0 Å². The number of hydrogen-bond acceptors (Lipinski definition) is 4. The van der Waals surface area contributed by atoms with Crippen molar-refractivity contribution < 1.29 is 19.4 Å². The summed E-state index contributed by atoms with van der Waals surface area (Å²) in [5.74, 6) is 0. The highest BCUT2D eigenvalue weighted by atomic mass is 16.5. The van der Waals surface area contributed by atoms with Crippen LogP contribution in [0, 0.1) is 19.3 Å². The zero-order valence-electron chi connectivity index (χ0n) is 19.6. The van der Waals surface area contributed by atoms with Crippen molar-refractivity contribution in [1.29, 1.82) is 0 Å². The number of carbonyl (C=O) groups is 1. The maximum Gasteiger partial charge on any atom is 0.293 e. The summed E-state index contributed by atoms with van der Waals surface area (Å²) in [5.41, 5.74) is 0.632. The van der Waals surface area contributed by atoms with E-state index < -0.39 is 11.7 Å². The summed E-state index contributed by atoms with van der Waals surface area (Å²) in [6.45, 7) is 6.25. The Hall–Kier alpha value is -1.39. The molecule has 0 aliphatic carbocycles. The van der Waals surface area contributed by atoms with Crippen molar-refractivity contribution in [3.05, 3.63) is 55.2 Å². The first-order chi connectivity index (χ1) is 15.2. The lowest BCUT2D eigenvalue weighted by Crippen LogP contribution is -2.34. The first kappa shape index (κ1) is 27.6. The van der Waals surface area contributed by atoms with Crippen LogP contribution < -0.4 is 0 Å². The molecule has 0 heterocycles. The minimum Gasteiger partial charge on any atom is -0.461 e. The second kappa shape index (κ2) is 18.2. The molecular formula is C27H43O4. The van der Waals surface area contributed by atoms with E-state index >= 15 is 0 Å². The van der Waals surface area contributed by atoms with Crippen LogP contribution in [0.1, 0.15) is 90.0 Å². The molecule has 3 radical (unpaired) electrons. The highest BCUT2D eigenvalue weighted by molar-refractivity contribution is 5.39. The highest BCUT2D eigenvalue weighted by Crippen LogP contribution is 2.30. The van der Waals surface area contributed by atoms with E-state index in [0.29, 0.717) is 26.1 Å². The van der Waals surface area contributed by atoms with Crippen LogP contribution >= 0.6 is 0 Å². The Morgan fingerprint density at radius 3 is 2.26 bits per heavy atom. The van der Waals surface area contributed by atoms with E-state index in [4.69, 9.17) is 9.47 Å². The van der Waals surface area contributed by atoms with Crippen molar-refractivity contribution in [1.82, 2.24) is 0 Å². The molecule has 0 fully saturated rings. The van der Waals surface area contributed by atoms with Gasteiger partial charge in [-0.05, 0) is 63.4 Å². The molecule has 4 heteroatoms. The first-order valence-electron chi connectivity index (χ1n) is 12.1. The minimum atomic E-state index is -0.548.